The second-order valence-electron chi connectivity index (χ2n) is 7.71. The second-order valence-corrected chi connectivity index (χ2v) is 8.60. The Hall–Kier alpha value is -2.35. The van der Waals surface area contributed by atoms with E-state index in [1.54, 1.807) is 16.2 Å². The van der Waals surface area contributed by atoms with Crippen molar-refractivity contribution in [3.63, 3.8) is 0 Å². The van der Waals surface area contributed by atoms with Crippen molar-refractivity contribution in [2.45, 2.75) is 44.6 Å². The Balaban J connectivity index is 1.30. The summed E-state index contributed by atoms with van der Waals surface area (Å²) in [5, 5.41) is 5.92. The van der Waals surface area contributed by atoms with E-state index in [1.807, 2.05) is 5.38 Å². The molecule has 1 saturated heterocycles. The fourth-order valence-corrected chi connectivity index (χ4v) is 4.74. The molecule has 0 radical (unpaired) electrons. The zero-order valence-corrected chi connectivity index (χ0v) is 16.8. The Morgan fingerprint density at radius 2 is 1.93 bits per heavy atom. The average Bonchev–Trinajstić information content (AvgIpc) is 3.15. The number of likely N-dealkylation sites (tertiary alicyclic amines) is 1. The topological polar surface area (TPSA) is 62.3 Å². The highest BCUT2D eigenvalue weighted by molar-refractivity contribution is 7.09. The number of halogens is 2. The molecule has 29 heavy (non-hydrogen) atoms. The van der Waals surface area contributed by atoms with Crippen LogP contribution in [0.2, 0.25) is 0 Å². The molecule has 154 valence electrons. The molecule has 1 aliphatic heterocycles. The van der Waals surface area contributed by atoms with Crippen LogP contribution in [0.4, 0.5) is 8.78 Å². The molecular weight excluding hydrogens is 396 g/mol. The third-order valence-electron chi connectivity index (χ3n) is 5.78. The average molecular weight is 419 g/mol. The Morgan fingerprint density at radius 1 is 1.17 bits per heavy atom. The fraction of sp³-hybridized carbons (Fsp3) is 0.476. The number of aromatic nitrogens is 1. The van der Waals surface area contributed by atoms with Gasteiger partial charge in [-0.25, -0.2) is 13.8 Å². The number of piperidine rings is 1. The molecule has 1 aromatic heterocycles. The molecule has 0 unspecified atom stereocenters. The van der Waals surface area contributed by atoms with E-state index in [0.29, 0.717) is 19.6 Å². The summed E-state index contributed by atoms with van der Waals surface area (Å²) in [5.74, 6) is -1.28. The van der Waals surface area contributed by atoms with Gasteiger partial charge in [-0.15, -0.1) is 11.3 Å². The lowest BCUT2D eigenvalue weighted by atomic mass is 9.85. The van der Waals surface area contributed by atoms with Gasteiger partial charge in [0.05, 0.1) is 22.8 Å². The zero-order valence-electron chi connectivity index (χ0n) is 16.0. The summed E-state index contributed by atoms with van der Waals surface area (Å²) in [6, 6.07) is 2.94. The zero-order chi connectivity index (χ0) is 20.4. The van der Waals surface area contributed by atoms with Gasteiger partial charge >= 0.3 is 0 Å². The van der Waals surface area contributed by atoms with Gasteiger partial charge < -0.3 is 10.2 Å². The van der Waals surface area contributed by atoms with Gasteiger partial charge in [-0.05, 0) is 43.9 Å². The highest BCUT2D eigenvalue weighted by atomic mass is 32.1. The first-order chi connectivity index (χ1) is 14.0. The predicted molar refractivity (Wildman–Crippen MR) is 106 cm³/mol. The number of carbonyl (C=O) groups excluding carboxylic acids is 2. The monoisotopic (exact) mass is 419 g/mol. The molecule has 1 aliphatic carbocycles. The quantitative estimate of drug-likeness (QED) is 0.801. The van der Waals surface area contributed by atoms with Crippen LogP contribution in [0.5, 0.6) is 0 Å². The minimum absolute atomic E-state index is 0.113. The molecule has 2 aromatic rings. The minimum atomic E-state index is -0.702. The third kappa shape index (κ3) is 4.47. The van der Waals surface area contributed by atoms with E-state index < -0.39 is 17.5 Å². The van der Waals surface area contributed by atoms with Crippen molar-refractivity contribution >= 4 is 23.2 Å². The largest absolute Gasteiger partial charge is 0.350 e. The molecule has 0 spiro atoms. The first-order valence-electron chi connectivity index (χ1n) is 9.97. The van der Waals surface area contributed by atoms with Gasteiger partial charge in [0.2, 0.25) is 5.91 Å². The maximum absolute atomic E-state index is 13.9. The summed E-state index contributed by atoms with van der Waals surface area (Å²) in [6.45, 7) is 1.40. The van der Waals surface area contributed by atoms with Crippen LogP contribution in [-0.2, 0) is 11.3 Å². The summed E-state index contributed by atoms with van der Waals surface area (Å²) in [5.41, 5.74) is 0.639. The lowest BCUT2D eigenvalue weighted by Gasteiger charge is -2.31. The highest BCUT2D eigenvalue weighted by Crippen LogP contribution is 2.31. The molecule has 2 fully saturated rings. The number of carbonyl (C=O) groups is 2. The number of thiazole rings is 1. The number of rotatable bonds is 5. The van der Waals surface area contributed by atoms with Crippen molar-refractivity contribution in [1.29, 1.82) is 0 Å². The molecule has 2 aliphatic rings. The van der Waals surface area contributed by atoms with E-state index in [1.165, 1.54) is 0 Å². The van der Waals surface area contributed by atoms with Crippen molar-refractivity contribution in [2.24, 2.45) is 5.92 Å². The number of hydrogen-bond acceptors (Lipinski definition) is 4. The van der Waals surface area contributed by atoms with Crippen molar-refractivity contribution in [3.8, 4) is 0 Å². The smallest absolute Gasteiger partial charge is 0.256 e. The standard InChI is InChI=1S/C21H23F2N3O2S/c22-15-4-5-18(23)17(10-15)21(28)26-8-6-14(7-9-26)20-25-16(12-29-20)11-24-19(27)13-2-1-3-13/h4-5,10,12-14H,1-3,6-9,11H2,(H,24,27). The Labute approximate surface area is 172 Å². The summed E-state index contributed by atoms with van der Waals surface area (Å²) < 4.78 is 27.2. The van der Waals surface area contributed by atoms with Gasteiger partial charge in [-0.3, -0.25) is 9.59 Å². The third-order valence-corrected chi connectivity index (χ3v) is 6.84. The lowest BCUT2D eigenvalue weighted by molar-refractivity contribution is -0.127. The van der Waals surface area contributed by atoms with Gasteiger partial charge in [0.15, 0.2) is 0 Å². The molecule has 0 atom stereocenters. The van der Waals surface area contributed by atoms with E-state index in [-0.39, 0.29) is 23.3 Å². The molecule has 1 N–H and O–H groups in total. The van der Waals surface area contributed by atoms with E-state index in [4.69, 9.17) is 0 Å². The minimum Gasteiger partial charge on any atom is -0.350 e. The van der Waals surface area contributed by atoms with E-state index >= 15 is 0 Å². The SMILES string of the molecule is O=C(NCc1csc(C2CCN(C(=O)c3cc(F)ccc3F)CC2)n1)C1CCC1. The molecule has 8 heteroatoms. The van der Waals surface area contributed by atoms with Crippen LogP contribution in [0.1, 0.15) is 59.1 Å². The van der Waals surface area contributed by atoms with Gasteiger partial charge in [-0.1, -0.05) is 6.42 Å². The van der Waals surface area contributed by atoms with E-state index in [9.17, 15) is 18.4 Å². The summed E-state index contributed by atoms with van der Waals surface area (Å²) in [7, 11) is 0. The molecule has 2 amide bonds. The summed E-state index contributed by atoms with van der Waals surface area (Å²) >= 11 is 1.57. The fourth-order valence-electron chi connectivity index (χ4n) is 3.75. The molecule has 1 aromatic carbocycles. The van der Waals surface area contributed by atoms with E-state index in [0.717, 1.165) is 61.0 Å². The number of nitrogens with zero attached hydrogens (tertiary/aromatic N) is 2. The predicted octanol–water partition coefficient (Wildman–Crippen LogP) is 3.86. The molecule has 2 heterocycles. The van der Waals surface area contributed by atoms with Crippen molar-refractivity contribution < 1.29 is 18.4 Å². The summed E-state index contributed by atoms with van der Waals surface area (Å²) in [4.78, 5) is 30.7. The van der Waals surface area contributed by atoms with Crippen LogP contribution in [0.3, 0.4) is 0 Å². The van der Waals surface area contributed by atoms with Crippen LogP contribution in [0.15, 0.2) is 23.6 Å². The van der Waals surface area contributed by atoms with Crippen LogP contribution in [0, 0.1) is 17.6 Å². The van der Waals surface area contributed by atoms with Crippen molar-refractivity contribution in [1.82, 2.24) is 15.2 Å². The maximum Gasteiger partial charge on any atom is 0.256 e. The van der Waals surface area contributed by atoms with Crippen molar-refractivity contribution in [2.75, 3.05) is 13.1 Å². The molecule has 0 bridgehead atoms. The Kier molecular flexibility index (Phi) is 5.89. The van der Waals surface area contributed by atoms with Crippen LogP contribution < -0.4 is 5.32 Å². The molecule has 5 nitrogen and oxygen atoms in total. The Morgan fingerprint density at radius 3 is 2.62 bits per heavy atom. The first kappa shape index (κ1) is 19.9. The highest BCUT2D eigenvalue weighted by Gasteiger charge is 2.28. The number of hydrogen-bond donors (Lipinski definition) is 1. The maximum atomic E-state index is 13.9. The first-order valence-corrected chi connectivity index (χ1v) is 10.9. The molecule has 4 rings (SSSR count). The van der Waals surface area contributed by atoms with Gasteiger partial charge in [-0.2, -0.15) is 0 Å². The number of benzene rings is 1. The van der Waals surface area contributed by atoms with Gasteiger partial charge in [0, 0.05) is 30.3 Å². The molecule has 1 saturated carbocycles. The number of nitrogens with one attached hydrogen (secondary N) is 1. The normalized spacial score (nSPS) is 17.8. The van der Waals surface area contributed by atoms with E-state index in [2.05, 4.69) is 10.3 Å². The Bertz CT molecular complexity index is 905. The summed E-state index contributed by atoms with van der Waals surface area (Å²) in [6.07, 6.45) is 4.54. The van der Waals surface area contributed by atoms with Crippen LogP contribution >= 0.6 is 11.3 Å². The lowest BCUT2D eigenvalue weighted by Crippen LogP contribution is -2.38. The van der Waals surface area contributed by atoms with Gasteiger partial charge in [0.1, 0.15) is 11.6 Å². The number of amides is 2. The van der Waals surface area contributed by atoms with Crippen LogP contribution in [0.25, 0.3) is 0 Å². The second kappa shape index (κ2) is 8.57. The van der Waals surface area contributed by atoms with Gasteiger partial charge in [0.25, 0.3) is 5.91 Å². The molecular formula is C21H23F2N3O2S. The van der Waals surface area contributed by atoms with Crippen molar-refractivity contribution in [3.05, 3.63) is 51.5 Å². The van der Waals surface area contributed by atoms with Crippen LogP contribution in [-0.4, -0.2) is 34.8 Å².